The number of rotatable bonds is 7. The fourth-order valence-corrected chi connectivity index (χ4v) is 3.05. The molecule has 3 amide bonds. The topological polar surface area (TPSA) is 85.8 Å². The summed E-state index contributed by atoms with van der Waals surface area (Å²) in [5, 5.41) is 8.81. The number of imide groups is 1. The molecule has 24 heavy (non-hydrogen) atoms. The van der Waals surface area contributed by atoms with Gasteiger partial charge >= 0.3 is 6.03 Å². The van der Waals surface area contributed by atoms with E-state index in [1.807, 2.05) is 6.92 Å². The highest BCUT2D eigenvalue weighted by Crippen LogP contribution is 2.17. The van der Waals surface area contributed by atoms with Gasteiger partial charge in [-0.05, 0) is 25.5 Å². The summed E-state index contributed by atoms with van der Waals surface area (Å²) in [4.78, 5) is 31.3. The third-order valence-corrected chi connectivity index (χ3v) is 4.58. The molecule has 0 spiro atoms. The maximum Gasteiger partial charge on any atom is 0.324 e. The average Bonchev–Trinajstić information content (AvgIpc) is 3.13. The van der Waals surface area contributed by atoms with Crippen LogP contribution in [0.2, 0.25) is 0 Å². The molecule has 2 rings (SSSR count). The van der Waals surface area contributed by atoms with E-state index in [2.05, 4.69) is 40.0 Å². The van der Waals surface area contributed by atoms with Gasteiger partial charge in [-0.3, -0.25) is 9.69 Å². The van der Waals surface area contributed by atoms with Crippen LogP contribution in [0, 0.1) is 0 Å². The van der Waals surface area contributed by atoms with E-state index in [0.29, 0.717) is 25.6 Å². The van der Waals surface area contributed by atoms with Crippen LogP contribution in [0.3, 0.4) is 0 Å². The zero-order chi connectivity index (χ0) is 16.7. The van der Waals surface area contributed by atoms with Crippen molar-refractivity contribution in [3.05, 3.63) is 21.9 Å². The Hall–Kier alpha value is -1.36. The number of nitrogens with zero attached hydrogens (tertiary/aromatic N) is 2. The van der Waals surface area contributed by atoms with Crippen molar-refractivity contribution < 1.29 is 9.59 Å². The second-order valence-electron chi connectivity index (χ2n) is 5.05. The number of thiophene rings is 1. The molecule has 9 heteroatoms. The summed E-state index contributed by atoms with van der Waals surface area (Å²) in [6.45, 7) is 6.38. The predicted molar refractivity (Wildman–Crippen MR) is 107 cm³/mol. The Kier molecular flexibility index (Phi) is 9.04. The van der Waals surface area contributed by atoms with E-state index in [1.54, 1.807) is 11.3 Å². The monoisotopic (exact) mass is 465 g/mol. The van der Waals surface area contributed by atoms with Crippen molar-refractivity contribution in [3.63, 3.8) is 0 Å². The second kappa shape index (κ2) is 10.5. The van der Waals surface area contributed by atoms with Crippen LogP contribution in [0.5, 0.6) is 0 Å². The van der Waals surface area contributed by atoms with Crippen LogP contribution in [-0.2, 0) is 17.8 Å². The summed E-state index contributed by atoms with van der Waals surface area (Å²) in [6.07, 6.45) is 1.04. The Morgan fingerprint density at radius 1 is 1.29 bits per heavy atom. The minimum atomic E-state index is -0.329. The fourth-order valence-electron chi connectivity index (χ4n) is 2.16. The van der Waals surface area contributed by atoms with E-state index in [0.717, 1.165) is 13.0 Å². The van der Waals surface area contributed by atoms with E-state index in [9.17, 15) is 9.59 Å². The van der Waals surface area contributed by atoms with Crippen molar-refractivity contribution in [1.82, 2.24) is 20.9 Å². The van der Waals surface area contributed by atoms with E-state index in [1.165, 1.54) is 14.7 Å². The van der Waals surface area contributed by atoms with Crippen LogP contribution in [0.25, 0.3) is 0 Å². The lowest BCUT2D eigenvalue weighted by molar-refractivity contribution is -0.124. The average molecular weight is 465 g/mol. The number of aryl methyl sites for hydroxylation is 1. The van der Waals surface area contributed by atoms with Crippen molar-refractivity contribution in [2.45, 2.75) is 26.8 Å². The minimum absolute atomic E-state index is 0. The number of aliphatic imine (C=N–C) groups is 1. The number of halogens is 1. The first-order valence-electron chi connectivity index (χ1n) is 7.82. The first-order chi connectivity index (χ1) is 11.1. The van der Waals surface area contributed by atoms with Gasteiger partial charge in [-0.2, -0.15) is 0 Å². The van der Waals surface area contributed by atoms with Crippen molar-refractivity contribution in [3.8, 4) is 0 Å². The predicted octanol–water partition coefficient (Wildman–Crippen LogP) is 1.54. The number of hydrogen-bond donors (Lipinski definition) is 3. The number of guanidine groups is 1. The zero-order valence-corrected chi connectivity index (χ0v) is 17.1. The van der Waals surface area contributed by atoms with Gasteiger partial charge in [-0.15, -0.1) is 35.3 Å². The van der Waals surface area contributed by atoms with Gasteiger partial charge in [-0.1, -0.05) is 6.92 Å². The highest BCUT2D eigenvalue weighted by atomic mass is 127. The second-order valence-corrected chi connectivity index (χ2v) is 6.30. The molecule has 0 radical (unpaired) electrons. The van der Waals surface area contributed by atoms with Gasteiger partial charge < -0.3 is 16.0 Å². The third-order valence-electron chi connectivity index (χ3n) is 3.37. The normalized spacial score (nSPS) is 14.4. The van der Waals surface area contributed by atoms with E-state index in [4.69, 9.17) is 0 Å². The highest BCUT2D eigenvalue weighted by Gasteiger charge is 2.27. The molecule has 7 nitrogen and oxygen atoms in total. The molecule has 0 aromatic carbocycles. The summed E-state index contributed by atoms with van der Waals surface area (Å²) in [5.41, 5.74) is 0. The lowest BCUT2D eigenvalue weighted by atomic mass is 10.4. The van der Waals surface area contributed by atoms with Gasteiger partial charge in [0, 0.05) is 29.4 Å². The van der Waals surface area contributed by atoms with Gasteiger partial charge in [0.1, 0.15) is 0 Å². The molecule has 1 fully saturated rings. The molecule has 1 aliphatic heterocycles. The summed E-state index contributed by atoms with van der Waals surface area (Å²) >= 11 is 1.77. The van der Waals surface area contributed by atoms with Crippen molar-refractivity contribution >= 4 is 53.2 Å². The molecule has 0 aliphatic carbocycles. The van der Waals surface area contributed by atoms with E-state index < -0.39 is 0 Å². The number of nitrogens with one attached hydrogen (secondary N) is 3. The maximum absolute atomic E-state index is 11.5. The molecule has 0 atom stereocenters. The number of carbonyl (C=O) groups excluding carboxylic acids is 2. The lowest BCUT2D eigenvalue weighted by Gasteiger charge is -2.15. The SMILES string of the molecule is CCNC(=NCc1ccc(CC)s1)NCCN1C(=O)CNC1=O.I. The summed E-state index contributed by atoms with van der Waals surface area (Å²) < 4.78 is 0. The largest absolute Gasteiger partial charge is 0.357 e. The smallest absolute Gasteiger partial charge is 0.324 e. The van der Waals surface area contributed by atoms with Gasteiger partial charge in [0.15, 0.2) is 5.96 Å². The fraction of sp³-hybridized carbons (Fsp3) is 0.533. The van der Waals surface area contributed by atoms with Gasteiger partial charge in [0.05, 0.1) is 13.1 Å². The summed E-state index contributed by atoms with van der Waals surface area (Å²) in [6, 6.07) is 3.90. The van der Waals surface area contributed by atoms with Crippen molar-refractivity contribution in [2.24, 2.45) is 4.99 Å². The molecule has 0 saturated carbocycles. The number of amides is 3. The Labute approximate surface area is 163 Å². The van der Waals surface area contributed by atoms with Crippen LogP contribution in [0.15, 0.2) is 17.1 Å². The zero-order valence-electron chi connectivity index (χ0n) is 13.9. The van der Waals surface area contributed by atoms with Gasteiger partial charge in [0.25, 0.3) is 0 Å². The summed E-state index contributed by atoms with van der Waals surface area (Å²) in [5.74, 6) is 0.496. The Morgan fingerprint density at radius 2 is 2.04 bits per heavy atom. The molecule has 2 heterocycles. The molecule has 1 aromatic heterocycles. The first kappa shape index (κ1) is 20.7. The highest BCUT2D eigenvalue weighted by molar-refractivity contribution is 14.0. The Morgan fingerprint density at radius 3 is 2.62 bits per heavy atom. The number of hydrogen-bond acceptors (Lipinski definition) is 4. The molecule has 0 unspecified atom stereocenters. The molecular weight excluding hydrogens is 441 g/mol. The quantitative estimate of drug-likeness (QED) is 0.247. The molecule has 1 saturated heterocycles. The van der Waals surface area contributed by atoms with Crippen LogP contribution in [-0.4, -0.2) is 49.0 Å². The molecular formula is C15H24IN5O2S. The van der Waals surface area contributed by atoms with E-state index in [-0.39, 0.29) is 42.5 Å². The van der Waals surface area contributed by atoms with Crippen LogP contribution in [0.1, 0.15) is 23.6 Å². The third kappa shape index (κ3) is 5.93. The molecule has 1 aliphatic rings. The Bertz CT molecular complexity index is 574. The molecule has 134 valence electrons. The number of urea groups is 1. The number of carbonyl (C=O) groups is 2. The molecule has 0 bridgehead atoms. The minimum Gasteiger partial charge on any atom is -0.357 e. The van der Waals surface area contributed by atoms with Crippen LogP contribution in [0.4, 0.5) is 4.79 Å². The van der Waals surface area contributed by atoms with Crippen molar-refractivity contribution in [2.75, 3.05) is 26.2 Å². The maximum atomic E-state index is 11.5. The molecule has 1 aromatic rings. The lowest BCUT2D eigenvalue weighted by Crippen LogP contribution is -2.43. The van der Waals surface area contributed by atoms with Gasteiger partial charge in [-0.25, -0.2) is 9.79 Å². The van der Waals surface area contributed by atoms with Crippen molar-refractivity contribution in [1.29, 1.82) is 0 Å². The first-order valence-corrected chi connectivity index (χ1v) is 8.63. The van der Waals surface area contributed by atoms with E-state index >= 15 is 0 Å². The van der Waals surface area contributed by atoms with Crippen LogP contribution < -0.4 is 16.0 Å². The Balaban J connectivity index is 0.00000288. The molecule has 3 N–H and O–H groups in total. The standard InChI is InChI=1S/C15H23N5O2S.HI/c1-3-11-5-6-12(23-11)9-18-14(16-4-2)17-7-8-20-13(21)10-19-15(20)22;/h5-6H,3-4,7-10H2,1-2H3,(H,19,22)(H2,16,17,18);1H. The van der Waals surface area contributed by atoms with Crippen LogP contribution >= 0.6 is 35.3 Å². The van der Waals surface area contributed by atoms with Gasteiger partial charge in [0.2, 0.25) is 5.91 Å². The summed E-state index contributed by atoms with van der Waals surface area (Å²) in [7, 11) is 0.